The number of aromatic nitrogens is 1. The molecule has 0 spiro atoms. The Morgan fingerprint density at radius 3 is 3.00 bits per heavy atom. The molecular weight excluding hydrogens is 298 g/mol. The Labute approximate surface area is 113 Å². The quantitative estimate of drug-likeness (QED) is 0.819. The topological polar surface area (TPSA) is 22.1 Å². The van der Waals surface area contributed by atoms with Crippen molar-refractivity contribution in [3.8, 4) is 11.3 Å². The second-order valence-electron chi connectivity index (χ2n) is 4.05. The van der Waals surface area contributed by atoms with Crippen LogP contribution >= 0.6 is 27.3 Å². The number of rotatable bonds is 2. The third-order valence-electron chi connectivity index (χ3n) is 2.88. The molecule has 1 unspecified atom stereocenters. The molecule has 0 amide bonds. The molecule has 1 aromatic heterocycles. The highest BCUT2D eigenvalue weighted by molar-refractivity contribution is 9.10. The van der Waals surface area contributed by atoms with Crippen molar-refractivity contribution in [2.24, 2.45) is 0 Å². The van der Waals surface area contributed by atoms with Crippen LogP contribution in [-0.4, -0.2) is 11.6 Å². The average Bonchev–Trinajstić information content (AvgIpc) is 3.00. The van der Waals surface area contributed by atoms with Gasteiger partial charge in [-0.25, -0.2) is 4.98 Å². The third-order valence-corrected chi connectivity index (χ3v) is 4.51. The molecule has 1 aliphatic rings. The highest BCUT2D eigenvalue weighted by atomic mass is 79.9. The summed E-state index contributed by atoms with van der Waals surface area (Å²) in [6.07, 6.45) is 2.47. The van der Waals surface area contributed by atoms with Crippen LogP contribution in [0, 0.1) is 0 Å². The van der Waals surface area contributed by atoms with E-state index in [1.807, 2.05) is 18.2 Å². The molecule has 2 aromatic rings. The average molecular weight is 310 g/mol. The predicted molar refractivity (Wildman–Crippen MR) is 73.2 cm³/mol. The lowest BCUT2D eigenvalue weighted by Gasteiger charge is -2.04. The molecule has 1 atom stereocenters. The largest absolute Gasteiger partial charge is 0.371 e. The molecule has 1 aliphatic heterocycles. The zero-order valence-electron chi connectivity index (χ0n) is 9.23. The van der Waals surface area contributed by atoms with Crippen molar-refractivity contribution < 1.29 is 4.74 Å². The van der Waals surface area contributed by atoms with Crippen LogP contribution in [0.4, 0.5) is 0 Å². The number of thiazole rings is 1. The molecule has 17 heavy (non-hydrogen) atoms. The summed E-state index contributed by atoms with van der Waals surface area (Å²) in [5.74, 6) is 0. The Hall–Kier alpha value is -0.710. The van der Waals surface area contributed by atoms with Crippen molar-refractivity contribution in [2.45, 2.75) is 18.9 Å². The highest BCUT2D eigenvalue weighted by Crippen LogP contribution is 2.34. The maximum atomic E-state index is 5.65. The van der Waals surface area contributed by atoms with Gasteiger partial charge >= 0.3 is 0 Å². The third kappa shape index (κ3) is 2.30. The Morgan fingerprint density at radius 1 is 1.35 bits per heavy atom. The van der Waals surface area contributed by atoms with Gasteiger partial charge in [-0.3, -0.25) is 0 Å². The van der Waals surface area contributed by atoms with Gasteiger partial charge in [0.25, 0.3) is 0 Å². The summed E-state index contributed by atoms with van der Waals surface area (Å²) in [4.78, 5) is 4.69. The second-order valence-corrected chi connectivity index (χ2v) is 5.80. The minimum Gasteiger partial charge on any atom is -0.371 e. The summed E-state index contributed by atoms with van der Waals surface area (Å²) in [5, 5.41) is 3.21. The fourth-order valence-corrected chi connectivity index (χ4v) is 3.39. The van der Waals surface area contributed by atoms with Crippen LogP contribution in [0.5, 0.6) is 0 Å². The van der Waals surface area contributed by atoms with Gasteiger partial charge in [-0.1, -0.05) is 34.1 Å². The molecular formula is C13H12BrNOS. The summed E-state index contributed by atoms with van der Waals surface area (Å²) in [5.41, 5.74) is 2.18. The van der Waals surface area contributed by atoms with Crippen LogP contribution in [0.3, 0.4) is 0 Å². The first-order valence-corrected chi connectivity index (χ1v) is 7.34. The van der Waals surface area contributed by atoms with E-state index in [2.05, 4.69) is 32.4 Å². The molecule has 0 radical (unpaired) electrons. The van der Waals surface area contributed by atoms with E-state index in [4.69, 9.17) is 4.74 Å². The van der Waals surface area contributed by atoms with Crippen molar-refractivity contribution >= 4 is 27.3 Å². The van der Waals surface area contributed by atoms with Crippen molar-refractivity contribution in [3.05, 3.63) is 39.1 Å². The first kappa shape index (κ1) is 11.4. The molecule has 4 heteroatoms. The van der Waals surface area contributed by atoms with Gasteiger partial charge in [0.15, 0.2) is 0 Å². The van der Waals surface area contributed by atoms with E-state index in [1.165, 1.54) is 0 Å². The number of nitrogens with zero attached hydrogens (tertiary/aromatic N) is 1. The molecule has 2 nitrogen and oxygen atoms in total. The van der Waals surface area contributed by atoms with Gasteiger partial charge < -0.3 is 4.74 Å². The lowest BCUT2D eigenvalue weighted by molar-refractivity contribution is 0.112. The minimum atomic E-state index is 0.219. The van der Waals surface area contributed by atoms with Gasteiger partial charge in [0, 0.05) is 22.0 Å². The normalized spacial score (nSPS) is 19.7. The van der Waals surface area contributed by atoms with Crippen LogP contribution in [0.25, 0.3) is 11.3 Å². The molecule has 1 aromatic carbocycles. The number of hydrogen-bond donors (Lipinski definition) is 0. The first-order valence-electron chi connectivity index (χ1n) is 5.66. The Balaban J connectivity index is 1.92. The summed E-state index contributed by atoms with van der Waals surface area (Å²) in [6, 6.07) is 8.17. The fraction of sp³-hybridized carbons (Fsp3) is 0.308. The predicted octanol–water partition coefficient (Wildman–Crippen LogP) is 4.42. The fourth-order valence-electron chi connectivity index (χ4n) is 2.00. The lowest BCUT2D eigenvalue weighted by atomic mass is 10.2. The number of halogens is 1. The van der Waals surface area contributed by atoms with E-state index in [9.17, 15) is 0 Å². The monoisotopic (exact) mass is 309 g/mol. The van der Waals surface area contributed by atoms with Crippen molar-refractivity contribution in [3.63, 3.8) is 0 Å². The molecule has 2 heterocycles. The van der Waals surface area contributed by atoms with Crippen molar-refractivity contribution in [1.82, 2.24) is 4.98 Å². The SMILES string of the molecule is Brc1ccccc1-c1csc(C2CCCO2)n1. The summed E-state index contributed by atoms with van der Waals surface area (Å²) in [6.45, 7) is 0.870. The summed E-state index contributed by atoms with van der Waals surface area (Å²) in [7, 11) is 0. The molecule has 88 valence electrons. The van der Waals surface area contributed by atoms with Gasteiger partial charge in [0.2, 0.25) is 0 Å². The van der Waals surface area contributed by atoms with Crippen molar-refractivity contribution in [2.75, 3.05) is 6.61 Å². The first-order chi connectivity index (χ1) is 8.34. The number of hydrogen-bond acceptors (Lipinski definition) is 3. The standard InChI is InChI=1S/C13H12BrNOS/c14-10-5-2-1-4-9(10)11-8-17-13(15-11)12-6-3-7-16-12/h1-2,4-5,8,12H,3,6-7H2. The van der Waals surface area contributed by atoms with E-state index < -0.39 is 0 Å². The Kier molecular flexibility index (Phi) is 3.27. The van der Waals surface area contributed by atoms with Gasteiger partial charge in [-0.15, -0.1) is 11.3 Å². The van der Waals surface area contributed by atoms with Crippen LogP contribution in [0.1, 0.15) is 24.0 Å². The van der Waals surface area contributed by atoms with Crippen LogP contribution in [0.15, 0.2) is 34.1 Å². The molecule has 1 fully saturated rings. The maximum absolute atomic E-state index is 5.65. The van der Waals surface area contributed by atoms with Gasteiger partial charge in [-0.05, 0) is 18.9 Å². The smallest absolute Gasteiger partial charge is 0.122 e. The zero-order valence-corrected chi connectivity index (χ0v) is 11.6. The Bertz CT molecular complexity index is 520. The highest BCUT2D eigenvalue weighted by Gasteiger charge is 2.21. The molecule has 0 aliphatic carbocycles. The number of ether oxygens (including phenoxy) is 1. The molecule has 0 N–H and O–H groups in total. The van der Waals surface area contributed by atoms with E-state index in [0.29, 0.717) is 0 Å². The summed E-state index contributed by atoms with van der Waals surface area (Å²) < 4.78 is 6.74. The number of benzene rings is 1. The van der Waals surface area contributed by atoms with Gasteiger partial charge in [0.1, 0.15) is 11.1 Å². The van der Waals surface area contributed by atoms with Gasteiger partial charge in [-0.2, -0.15) is 0 Å². The Morgan fingerprint density at radius 2 is 2.24 bits per heavy atom. The molecule has 0 bridgehead atoms. The summed E-state index contributed by atoms with van der Waals surface area (Å²) >= 11 is 5.25. The van der Waals surface area contributed by atoms with E-state index in [1.54, 1.807) is 11.3 Å². The molecule has 3 rings (SSSR count). The minimum absolute atomic E-state index is 0.219. The van der Waals surface area contributed by atoms with Crippen LogP contribution < -0.4 is 0 Å². The molecule has 1 saturated heterocycles. The van der Waals surface area contributed by atoms with Crippen LogP contribution in [-0.2, 0) is 4.74 Å². The lowest BCUT2D eigenvalue weighted by Crippen LogP contribution is -1.94. The maximum Gasteiger partial charge on any atom is 0.122 e. The van der Waals surface area contributed by atoms with Gasteiger partial charge in [0.05, 0.1) is 5.69 Å². The second kappa shape index (κ2) is 4.88. The molecule has 0 saturated carbocycles. The van der Waals surface area contributed by atoms with E-state index in [0.717, 1.165) is 40.2 Å². The van der Waals surface area contributed by atoms with Crippen molar-refractivity contribution in [1.29, 1.82) is 0 Å². The zero-order chi connectivity index (χ0) is 11.7. The van der Waals surface area contributed by atoms with E-state index >= 15 is 0 Å². The van der Waals surface area contributed by atoms with E-state index in [-0.39, 0.29) is 6.10 Å². The van der Waals surface area contributed by atoms with Crippen LogP contribution in [0.2, 0.25) is 0 Å².